The number of anilines is 1. The van der Waals surface area contributed by atoms with Crippen LogP contribution in [0.3, 0.4) is 0 Å². The number of carbonyl (C=O) groups excluding carboxylic acids is 1. The molecule has 1 N–H and O–H groups in total. The summed E-state index contributed by atoms with van der Waals surface area (Å²) in [5, 5.41) is 3.02. The van der Waals surface area contributed by atoms with Crippen molar-refractivity contribution in [2.24, 2.45) is 0 Å². The Bertz CT molecular complexity index is 603. The van der Waals surface area contributed by atoms with Gasteiger partial charge < -0.3 is 5.32 Å². The molecule has 0 aromatic carbocycles. The summed E-state index contributed by atoms with van der Waals surface area (Å²) in [6.07, 6.45) is 1.57. The Labute approximate surface area is 131 Å². The highest BCUT2D eigenvalue weighted by Crippen LogP contribution is 2.22. The van der Waals surface area contributed by atoms with E-state index in [1.807, 2.05) is 24.1 Å². The van der Waals surface area contributed by atoms with Gasteiger partial charge in [-0.05, 0) is 31.3 Å². The summed E-state index contributed by atoms with van der Waals surface area (Å²) in [6.45, 7) is 0.937. The van der Waals surface area contributed by atoms with Crippen LogP contribution in [0.15, 0.2) is 30.5 Å². The number of hydrogen-bond donors (Lipinski definition) is 1. The van der Waals surface area contributed by atoms with E-state index < -0.39 is 0 Å². The van der Waals surface area contributed by atoms with Crippen molar-refractivity contribution in [2.45, 2.75) is 6.54 Å². The third-order valence-electron chi connectivity index (χ3n) is 2.50. The molecule has 0 fully saturated rings. The number of pyridine rings is 1. The number of halogens is 2. The van der Waals surface area contributed by atoms with E-state index in [2.05, 4.69) is 10.3 Å². The Morgan fingerprint density at radius 2 is 2.20 bits per heavy atom. The lowest BCUT2D eigenvalue weighted by Gasteiger charge is -2.15. The molecule has 106 valence electrons. The van der Waals surface area contributed by atoms with Crippen molar-refractivity contribution >= 4 is 46.1 Å². The molecular formula is C13H13Cl2N3OS. The first kappa shape index (κ1) is 15.3. The second-order valence-electron chi connectivity index (χ2n) is 4.27. The Morgan fingerprint density at radius 3 is 2.85 bits per heavy atom. The largest absolute Gasteiger partial charge is 0.322 e. The number of aromatic nitrogens is 1. The monoisotopic (exact) mass is 329 g/mol. The van der Waals surface area contributed by atoms with Gasteiger partial charge in [0.15, 0.2) is 5.15 Å². The fourth-order valence-corrected chi connectivity index (χ4v) is 3.01. The molecule has 20 heavy (non-hydrogen) atoms. The smallest absolute Gasteiger partial charge is 0.238 e. The second kappa shape index (κ2) is 7.04. The van der Waals surface area contributed by atoms with Crippen LogP contribution in [0.2, 0.25) is 9.49 Å². The van der Waals surface area contributed by atoms with Gasteiger partial charge in [-0.3, -0.25) is 9.69 Å². The molecule has 2 aromatic heterocycles. The number of rotatable bonds is 5. The molecule has 0 aliphatic heterocycles. The number of nitrogens with zero attached hydrogens (tertiary/aromatic N) is 2. The standard InChI is InChI=1S/C13H13Cl2N3OS/c1-18(7-9-4-5-11(14)20-9)8-12(19)17-10-3-2-6-16-13(10)15/h2-6H,7-8H2,1H3,(H,17,19). The van der Waals surface area contributed by atoms with Crippen LogP contribution in [0.25, 0.3) is 0 Å². The highest BCUT2D eigenvalue weighted by Gasteiger charge is 2.10. The summed E-state index contributed by atoms with van der Waals surface area (Å²) in [5.74, 6) is -0.134. The van der Waals surface area contributed by atoms with Crippen LogP contribution in [0.5, 0.6) is 0 Å². The van der Waals surface area contributed by atoms with E-state index in [1.165, 1.54) is 11.3 Å². The minimum absolute atomic E-state index is 0.134. The fraction of sp³-hybridized carbons (Fsp3) is 0.231. The van der Waals surface area contributed by atoms with E-state index in [-0.39, 0.29) is 17.6 Å². The first-order valence-electron chi connectivity index (χ1n) is 5.87. The Hall–Kier alpha value is -1.14. The molecule has 0 saturated heterocycles. The van der Waals surface area contributed by atoms with Crippen molar-refractivity contribution in [3.63, 3.8) is 0 Å². The molecule has 0 atom stereocenters. The number of amides is 1. The van der Waals surface area contributed by atoms with Crippen LogP contribution in [0.1, 0.15) is 4.88 Å². The quantitative estimate of drug-likeness (QED) is 0.853. The maximum absolute atomic E-state index is 11.9. The third-order valence-corrected chi connectivity index (χ3v) is 4.02. The predicted octanol–water partition coefficient (Wildman–Crippen LogP) is 3.52. The average Bonchev–Trinajstić information content (AvgIpc) is 2.77. The number of likely N-dealkylation sites (N-methyl/N-ethyl adjacent to an activating group) is 1. The molecule has 4 nitrogen and oxygen atoms in total. The minimum Gasteiger partial charge on any atom is -0.322 e. The van der Waals surface area contributed by atoms with Crippen molar-refractivity contribution in [1.82, 2.24) is 9.88 Å². The molecule has 0 bridgehead atoms. The number of nitrogens with one attached hydrogen (secondary N) is 1. The van der Waals surface area contributed by atoms with E-state index in [0.29, 0.717) is 12.2 Å². The molecule has 2 heterocycles. The number of hydrogen-bond acceptors (Lipinski definition) is 4. The van der Waals surface area contributed by atoms with Crippen LogP contribution in [-0.2, 0) is 11.3 Å². The molecule has 0 radical (unpaired) electrons. The lowest BCUT2D eigenvalue weighted by Crippen LogP contribution is -2.29. The van der Waals surface area contributed by atoms with Gasteiger partial charge >= 0.3 is 0 Å². The van der Waals surface area contributed by atoms with Gasteiger partial charge in [0.25, 0.3) is 0 Å². The summed E-state index contributed by atoms with van der Waals surface area (Å²) >= 11 is 13.3. The molecule has 0 unspecified atom stereocenters. The zero-order valence-electron chi connectivity index (χ0n) is 10.8. The lowest BCUT2D eigenvalue weighted by molar-refractivity contribution is -0.117. The summed E-state index contributed by atoms with van der Waals surface area (Å²) in [7, 11) is 1.87. The first-order chi connectivity index (χ1) is 9.54. The van der Waals surface area contributed by atoms with Gasteiger partial charge in [-0.15, -0.1) is 11.3 Å². The zero-order chi connectivity index (χ0) is 14.5. The van der Waals surface area contributed by atoms with E-state index in [4.69, 9.17) is 23.2 Å². The van der Waals surface area contributed by atoms with Gasteiger partial charge in [0, 0.05) is 17.6 Å². The van der Waals surface area contributed by atoms with Crippen LogP contribution in [0.4, 0.5) is 5.69 Å². The predicted molar refractivity (Wildman–Crippen MR) is 83.5 cm³/mol. The van der Waals surface area contributed by atoms with Gasteiger partial charge in [-0.2, -0.15) is 0 Å². The number of carbonyl (C=O) groups is 1. The van der Waals surface area contributed by atoms with E-state index in [1.54, 1.807) is 18.3 Å². The number of thiophene rings is 1. The van der Waals surface area contributed by atoms with Crippen molar-refractivity contribution < 1.29 is 4.79 Å². The molecular weight excluding hydrogens is 317 g/mol. The minimum atomic E-state index is -0.134. The second-order valence-corrected chi connectivity index (χ2v) is 6.43. The topological polar surface area (TPSA) is 45.2 Å². The van der Waals surface area contributed by atoms with Crippen LogP contribution < -0.4 is 5.32 Å². The van der Waals surface area contributed by atoms with Crippen LogP contribution >= 0.6 is 34.5 Å². The molecule has 0 saturated carbocycles. The molecule has 0 aliphatic rings. The molecule has 0 spiro atoms. The molecule has 2 rings (SSSR count). The van der Waals surface area contributed by atoms with Crippen molar-refractivity contribution in [3.05, 3.63) is 44.8 Å². The van der Waals surface area contributed by atoms with E-state index in [0.717, 1.165) is 9.21 Å². The Balaban J connectivity index is 1.86. The van der Waals surface area contributed by atoms with Crippen molar-refractivity contribution in [3.8, 4) is 0 Å². The van der Waals surface area contributed by atoms with E-state index >= 15 is 0 Å². The maximum atomic E-state index is 11.9. The summed E-state index contributed by atoms with van der Waals surface area (Å²) in [6, 6.07) is 7.25. The highest BCUT2D eigenvalue weighted by molar-refractivity contribution is 7.16. The maximum Gasteiger partial charge on any atom is 0.238 e. The van der Waals surface area contributed by atoms with Gasteiger partial charge in [-0.25, -0.2) is 4.98 Å². The van der Waals surface area contributed by atoms with E-state index in [9.17, 15) is 4.79 Å². The van der Waals surface area contributed by atoms with Crippen molar-refractivity contribution in [1.29, 1.82) is 0 Å². The molecule has 7 heteroatoms. The molecule has 2 aromatic rings. The van der Waals surface area contributed by atoms with Crippen LogP contribution in [0, 0.1) is 0 Å². The summed E-state index contributed by atoms with van der Waals surface area (Å²) < 4.78 is 0.750. The highest BCUT2D eigenvalue weighted by atomic mass is 35.5. The summed E-state index contributed by atoms with van der Waals surface area (Å²) in [5.41, 5.74) is 0.520. The first-order valence-corrected chi connectivity index (χ1v) is 7.45. The third kappa shape index (κ3) is 4.45. The fourth-order valence-electron chi connectivity index (χ4n) is 1.67. The Kier molecular flexibility index (Phi) is 5.37. The lowest BCUT2D eigenvalue weighted by atomic mass is 10.4. The molecule has 1 amide bonds. The zero-order valence-corrected chi connectivity index (χ0v) is 13.1. The summed E-state index contributed by atoms with van der Waals surface area (Å²) in [4.78, 5) is 18.8. The van der Waals surface area contributed by atoms with Crippen molar-refractivity contribution in [2.75, 3.05) is 18.9 Å². The Morgan fingerprint density at radius 1 is 1.40 bits per heavy atom. The van der Waals surface area contributed by atoms with Gasteiger partial charge in [0.1, 0.15) is 0 Å². The van der Waals surface area contributed by atoms with Gasteiger partial charge in [0.2, 0.25) is 5.91 Å². The normalized spacial score (nSPS) is 10.8. The van der Waals surface area contributed by atoms with Gasteiger partial charge in [0.05, 0.1) is 16.6 Å². The SMILES string of the molecule is CN(CC(=O)Nc1cccnc1Cl)Cc1ccc(Cl)s1. The average molecular weight is 330 g/mol. The molecule has 0 aliphatic carbocycles. The van der Waals surface area contributed by atoms with Gasteiger partial charge in [-0.1, -0.05) is 23.2 Å². The van der Waals surface area contributed by atoms with Crippen LogP contribution in [-0.4, -0.2) is 29.4 Å².